The molecule has 1 atom stereocenters. The smallest absolute Gasteiger partial charge is 0.00127 e. The van der Waals surface area contributed by atoms with Crippen molar-refractivity contribution >= 4 is 17.1 Å². The van der Waals surface area contributed by atoms with Gasteiger partial charge < -0.3 is 0 Å². The second-order valence-corrected chi connectivity index (χ2v) is 5.09. The summed E-state index contributed by atoms with van der Waals surface area (Å²) in [5, 5.41) is 0. The van der Waals surface area contributed by atoms with E-state index in [2.05, 4.69) is 41.5 Å². The molecular weight excluding hydrogens is 152 g/mol. The van der Waals surface area contributed by atoms with Gasteiger partial charge in [-0.15, -0.1) is 0 Å². The predicted molar refractivity (Wildman–Crippen MR) is 56.1 cm³/mol. The summed E-state index contributed by atoms with van der Waals surface area (Å²) < 4.78 is 0. The summed E-state index contributed by atoms with van der Waals surface area (Å²) in [4.78, 5) is 1.20. The molecule has 0 aromatic heterocycles. The minimum Gasteiger partial charge on any atom is -0.0888 e. The van der Waals surface area contributed by atoms with Gasteiger partial charge in [0, 0.05) is 4.86 Å². The standard InChI is InChI=1S/C10H20S/c1-7(2)8(3)9(11)10(4,5)6/h7-8H,1-6H3/t8-/m0/s1. The van der Waals surface area contributed by atoms with Gasteiger partial charge in [0.15, 0.2) is 0 Å². The molecule has 0 saturated heterocycles. The van der Waals surface area contributed by atoms with Gasteiger partial charge >= 0.3 is 0 Å². The highest BCUT2D eigenvalue weighted by Gasteiger charge is 2.23. The van der Waals surface area contributed by atoms with Gasteiger partial charge in [-0.1, -0.05) is 53.8 Å². The summed E-state index contributed by atoms with van der Waals surface area (Å²) in [5.74, 6) is 1.23. The van der Waals surface area contributed by atoms with Crippen molar-refractivity contribution in [3.63, 3.8) is 0 Å². The molecule has 0 spiro atoms. The summed E-state index contributed by atoms with van der Waals surface area (Å²) in [6, 6.07) is 0. The van der Waals surface area contributed by atoms with E-state index in [1.807, 2.05) is 0 Å². The molecule has 0 bridgehead atoms. The molecule has 0 fully saturated rings. The molecule has 0 saturated carbocycles. The fourth-order valence-corrected chi connectivity index (χ4v) is 1.26. The zero-order chi connectivity index (χ0) is 9.23. The van der Waals surface area contributed by atoms with Crippen LogP contribution >= 0.6 is 12.2 Å². The molecule has 0 aliphatic rings. The molecule has 0 aliphatic carbocycles. The Labute approximate surface area is 76.4 Å². The van der Waals surface area contributed by atoms with Crippen molar-refractivity contribution in [3.8, 4) is 0 Å². The zero-order valence-electron chi connectivity index (χ0n) is 8.56. The fraction of sp³-hybridized carbons (Fsp3) is 0.900. The average molecular weight is 172 g/mol. The maximum absolute atomic E-state index is 5.39. The summed E-state index contributed by atoms with van der Waals surface area (Å²) in [5.41, 5.74) is 0.193. The van der Waals surface area contributed by atoms with Crippen LogP contribution < -0.4 is 0 Å². The highest BCUT2D eigenvalue weighted by atomic mass is 32.1. The van der Waals surface area contributed by atoms with E-state index in [-0.39, 0.29) is 5.41 Å². The van der Waals surface area contributed by atoms with Crippen molar-refractivity contribution in [1.82, 2.24) is 0 Å². The number of rotatable bonds is 2. The molecule has 0 aromatic carbocycles. The van der Waals surface area contributed by atoms with Crippen LogP contribution in [0.5, 0.6) is 0 Å². The monoisotopic (exact) mass is 172 g/mol. The summed E-state index contributed by atoms with van der Waals surface area (Å²) in [7, 11) is 0. The fourth-order valence-electron chi connectivity index (χ4n) is 0.986. The first-order valence-corrected chi connectivity index (χ1v) is 4.72. The molecule has 0 nitrogen and oxygen atoms in total. The van der Waals surface area contributed by atoms with E-state index in [1.165, 1.54) is 4.86 Å². The third-order valence-corrected chi connectivity index (χ3v) is 3.14. The van der Waals surface area contributed by atoms with E-state index in [9.17, 15) is 0 Å². The second kappa shape index (κ2) is 3.66. The average Bonchev–Trinajstić information content (AvgIpc) is 1.82. The maximum Gasteiger partial charge on any atom is 0.00127 e. The molecule has 0 rings (SSSR count). The molecule has 1 heteroatoms. The van der Waals surface area contributed by atoms with Gasteiger partial charge in [-0.3, -0.25) is 0 Å². The first-order chi connectivity index (χ1) is 4.76. The minimum absolute atomic E-state index is 0.193. The Bertz CT molecular complexity index is 139. The summed E-state index contributed by atoms with van der Waals surface area (Å²) >= 11 is 5.39. The van der Waals surface area contributed by atoms with Gasteiger partial charge in [-0.25, -0.2) is 0 Å². The highest BCUT2D eigenvalue weighted by Crippen LogP contribution is 2.25. The topological polar surface area (TPSA) is 0 Å². The van der Waals surface area contributed by atoms with Crippen molar-refractivity contribution in [1.29, 1.82) is 0 Å². The van der Waals surface area contributed by atoms with Crippen molar-refractivity contribution < 1.29 is 0 Å². The molecular formula is C10H20S. The first kappa shape index (κ1) is 11.1. The van der Waals surface area contributed by atoms with Gasteiger partial charge in [0.2, 0.25) is 0 Å². The Hall–Kier alpha value is 0.0900. The number of hydrogen-bond donors (Lipinski definition) is 0. The lowest BCUT2D eigenvalue weighted by molar-refractivity contribution is 0.479. The molecule has 0 radical (unpaired) electrons. The maximum atomic E-state index is 5.39. The van der Waals surface area contributed by atoms with Crippen LogP contribution in [0.4, 0.5) is 0 Å². The molecule has 0 amide bonds. The van der Waals surface area contributed by atoms with Crippen LogP contribution in [0.2, 0.25) is 0 Å². The van der Waals surface area contributed by atoms with Crippen molar-refractivity contribution in [2.24, 2.45) is 17.3 Å². The highest BCUT2D eigenvalue weighted by molar-refractivity contribution is 7.80. The number of thiocarbonyl (C=S) groups is 1. The summed E-state index contributed by atoms with van der Waals surface area (Å²) in [6.07, 6.45) is 0. The third kappa shape index (κ3) is 3.33. The van der Waals surface area contributed by atoms with E-state index in [0.717, 1.165) is 0 Å². The molecule has 0 N–H and O–H groups in total. The van der Waals surface area contributed by atoms with Crippen molar-refractivity contribution in [2.45, 2.75) is 41.5 Å². The van der Waals surface area contributed by atoms with E-state index < -0.39 is 0 Å². The van der Waals surface area contributed by atoms with Crippen LogP contribution in [0.25, 0.3) is 0 Å². The van der Waals surface area contributed by atoms with Gasteiger partial charge in [0.05, 0.1) is 0 Å². The largest absolute Gasteiger partial charge is 0.0888 e. The van der Waals surface area contributed by atoms with Crippen LogP contribution in [0.1, 0.15) is 41.5 Å². The molecule has 0 aromatic rings. The van der Waals surface area contributed by atoms with Gasteiger partial charge in [-0.2, -0.15) is 0 Å². The van der Waals surface area contributed by atoms with Gasteiger partial charge in [-0.05, 0) is 17.3 Å². The lowest BCUT2D eigenvalue weighted by atomic mass is 9.80. The van der Waals surface area contributed by atoms with Crippen LogP contribution in [0.15, 0.2) is 0 Å². The first-order valence-electron chi connectivity index (χ1n) is 4.31. The van der Waals surface area contributed by atoms with Crippen molar-refractivity contribution in [3.05, 3.63) is 0 Å². The Morgan fingerprint density at radius 2 is 1.45 bits per heavy atom. The van der Waals surface area contributed by atoms with Gasteiger partial charge in [0.25, 0.3) is 0 Å². The number of hydrogen-bond acceptors (Lipinski definition) is 1. The lowest BCUT2D eigenvalue weighted by Gasteiger charge is -2.27. The summed E-state index contributed by atoms with van der Waals surface area (Å²) in [6.45, 7) is 13.2. The second-order valence-electron chi connectivity index (χ2n) is 4.65. The molecule has 0 unspecified atom stereocenters. The SMILES string of the molecule is CC(C)[C@H](C)C(=S)C(C)(C)C. The van der Waals surface area contributed by atoms with Crippen LogP contribution in [-0.4, -0.2) is 4.86 Å². The minimum atomic E-state index is 0.193. The zero-order valence-corrected chi connectivity index (χ0v) is 9.38. The van der Waals surface area contributed by atoms with E-state index in [1.54, 1.807) is 0 Å². The molecule has 0 aliphatic heterocycles. The quantitative estimate of drug-likeness (QED) is 0.572. The van der Waals surface area contributed by atoms with E-state index in [0.29, 0.717) is 11.8 Å². The Morgan fingerprint density at radius 1 is 1.09 bits per heavy atom. The Balaban J connectivity index is 4.26. The van der Waals surface area contributed by atoms with Crippen LogP contribution in [0, 0.1) is 17.3 Å². The Morgan fingerprint density at radius 3 is 1.55 bits per heavy atom. The van der Waals surface area contributed by atoms with E-state index >= 15 is 0 Å². The van der Waals surface area contributed by atoms with Crippen LogP contribution in [0.3, 0.4) is 0 Å². The Kier molecular flexibility index (Phi) is 3.69. The van der Waals surface area contributed by atoms with Crippen molar-refractivity contribution in [2.75, 3.05) is 0 Å². The van der Waals surface area contributed by atoms with Gasteiger partial charge in [0.1, 0.15) is 0 Å². The van der Waals surface area contributed by atoms with Crippen LogP contribution in [-0.2, 0) is 0 Å². The molecule has 66 valence electrons. The van der Waals surface area contributed by atoms with E-state index in [4.69, 9.17) is 12.2 Å². The molecule has 0 heterocycles. The third-order valence-electron chi connectivity index (χ3n) is 2.15. The molecule has 11 heavy (non-hydrogen) atoms. The normalized spacial score (nSPS) is 15.2. The predicted octanol–water partition coefficient (Wildman–Crippen LogP) is 3.69. The lowest BCUT2D eigenvalue weighted by Crippen LogP contribution is -2.27.